The summed E-state index contributed by atoms with van der Waals surface area (Å²) >= 11 is 7.10. The number of alkyl halides is 1. The molecule has 1 aromatic rings. The molecule has 0 amide bonds. The second-order valence-corrected chi connectivity index (χ2v) is 7.85. The van der Waals surface area contributed by atoms with Crippen LogP contribution in [0.2, 0.25) is 0 Å². The summed E-state index contributed by atoms with van der Waals surface area (Å²) in [6.07, 6.45) is 7.28. The van der Waals surface area contributed by atoms with Gasteiger partial charge in [-0.05, 0) is 41.3 Å². The van der Waals surface area contributed by atoms with Crippen LogP contribution < -0.4 is 4.74 Å². The summed E-state index contributed by atoms with van der Waals surface area (Å²) in [6.45, 7) is 0. The standard InChI is InChI=1S/C15H17Br2NO3/c16-12-9-13(15(12)7-2-1-3-8-15)21-11-6-4-5-10(14(11)17)18(19)20/h4-6,12-13H,1-3,7-9H2. The summed E-state index contributed by atoms with van der Waals surface area (Å²) in [7, 11) is 0. The van der Waals surface area contributed by atoms with Crippen molar-refractivity contribution in [3.8, 4) is 5.75 Å². The van der Waals surface area contributed by atoms with Crippen LogP contribution >= 0.6 is 31.9 Å². The smallest absolute Gasteiger partial charge is 0.287 e. The van der Waals surface area contributed by atoms with Gasteiger partial charge in [0.05, 0.1) is 4.92 Å². The van der Waals surface area contributed by atoms with E-state index in [1.54, 1.807) is 12.1 Å². The molecule has 0 bridgehead atoms. The van der Waals surface area contributed by atoms with Crippen LogP contribution in [0.1, 0.15) is 38.5 Å². The molecule has 2 unspecified atom stereocenters. The summed E-state index contributed by atoms with van der Waals surface area (Å²) in [6, 6.07) is 4.96. The number of hydrogen-bond acceptors (Lipinski definition) is 3. The molecule has 21 heavy (non-hydrogen) atoms. The van der Waals surface area contributed by atoms with E-state index in [0.29, 0.717) is 15.0 Å². The van der Waals surface area contributed by atoms with Crippen LogP contribution in [-0.4, -0.2) is 15.9 Å². The lowest BCUT2D eigenvalue weighted by Crippen LogP contribution is -2.57. The lowest BCUT2D eigenvalue weighted by atomic mass is 9.58. The Bertz CT molecular complexity index is 558. The Hall–Kier alpha value is -0.620. The summed E-state index contributed by atoms with van der Waals surface area (Å²) < 4.78 is 6.60. The van der Waals surface area contributed by atoms with Gasteiger partial charge in [-0.15, -0.1) is 0 Å². The zero-order valence-corrected chi connectivity index (χ0v) is 14.7. The minimum absolute atomic E-state index is 0.0555. The molecule has 2 fully saturated rings. The Morgan fingerprint density at radius 1 is 1.29 bits per heavy atom. The molecule has 0 radical (unpaired) electrons. The van der Waals surface area contributed by atoms with E-state index in [1.807, 2.05) is 0 Å². The van der Waals surface area contributed by atoms with Crippen molar-refractivity contribution in [2.24, 2.45) is 5.41 Å². The maximum Gasteiger partial charge on any atom is 0.287 e. The number of nitro benzene ring substituents is 1. The van der Waals surface area contributed by atoms with Crippen molar-refractivity contribution in [3.63, 3.8) is 0 Å². The minimum atomic E-state index is -0.388. The molecule has 2 aliphatic carbocycles. The molecule has 0 saturated heterocycles. The van der Waals surface area contributed by atoms with Crippen LogP contribution in [0.5, 0.6) is 5.75 Å². The van der Waals surface area contributed by atoms with E-state index in [9.17, 15) is 10.1 Å². The molecule has 0 aromatic heterocycles. The number of nitrogens with zero attached hydrogens (tertiary/aromatic N) is 1. The highest BCUT2D eigenvalue weighted by atomic mass is 79.9. The lowest BCUT2D eigenvalue weighted by Gasteiger charge is -2.55. The monoisotopic (exact) mass is 417 g/mol. The molecule has 2 aliphatic rings. The Morgan fingerprint density at radius 3 is 2.62 bits per heavy atom. The van der Waals surface area contributed by atoms with Gasteiger partial charge in [-0.2, -0.15) is 0 Å². The van der Waals surface area contributed by atoms with Crippen LogP contribution in [0, 0.1) is 15.5 Å². The quantitative estimate of drug-likeness (QED) is 0.384. The van der Waals surface area contributed by atoms with Gasteiger partial charge in [-0.25, -0.2) is 0 Å². The highest BCUT2D eigenvalue weighted by Gasteiger charge is 2.55. The number of nitro groups is 1. The Kier molecular flexibility index (Phi) is 4.28. The number of hydrogen-bond donors (Lipinski definition) is 0. The zero-order valence-electron chi connectivity index (χ0n) is 11.6. The fraction of sp³-hybridized carbons (Fsp3) is 0.600. The summed E-state index contributed by atoms with van der Waals surface area (Å²) in [5, 5.41) is 11.0. The van der Waals surface area contributed by atoms with Gasteiger partial charge in [0.2, 0.25) is 0 Å². The maximum absolute atomic E-state index is 11.0. The highest BCUT2D eigenvalue weighted by Crippen LogP contribution is 2.56. The molecule has 1 spiro atoms. The van der Waals surface area contributed by atoms with Crippen molar-refractivity contribution >= 4 is 37.5 Å². The largest absolute Gasteiger partial charge is 0.488 e. The molecule has 2 saturated carbocycles. The number of benzene rings is 1. The third-order valence-corrected chi connectivity index (χ3v) is 6.96. The van der Waals surface area contributed by atoms with Gasteiger partial charge in [-0.3, -0.25) is 10.1 Å². The molecular formula is C15H17Br2NO3. The molecule has 6 heteroatoms. The SMILES string of the molecule is O=[N+]([O-])c1cccc(OC2CC(Br)C23CCCCC3)c1Br. The fourth-order valence-corrected chi connectivity index (χ4v) is 5.19. The minimum Gasteiger partial charge on any atom is -0.488 e. The van der Waals surface area contributed by atoms with Gasteiger partial charge in [0.25, 0.3) is 5.69 Å². The molecule has 0 aliphatic heterocycles. The second kappa shape index (κ2) is 5.88. The van der Waals surface area contributed by atoms with Gasteiger partial charge in [-0.1, -0.05) is 41.3 Å². The van der Waals surface area contributed by atoms with Crippen molar-refractivity contribution in [2.75, 3.05) is 0 Å². The number of ether oxygens (including phenoxy) is 1. The van der Waals surface area contributed by atoms with E-state index in [-0.39, 0.29) is 22.1 Å². The molecular weight excluding hydrogens is 402 g/mol. The average Bonchev–Trinajstić information content (AvgIpc) is 2.49. The van der Waals surface area contributed by atoms with Gasteiger partial charge in [0.1, 0.15) is 16.3 Å². The Morgan fingerprint density at radius 2 is 2.00 bits per heavy atom. The predicted octanol–water partition coefficient (Wildman–Crippen LogP) is 5.22. The summed E-state index contributed by atoms with van der Waals surface area (Å²) in [5.41, 5.74) is 0.266. The van der Waals surface area contributed by atoms with Gasteiger partial charge in [0, 0.05) is 16.3 Å². The average molecular weight is 419 g/mol. The van der Waals surface area contributed by atoms with Crippen LogP contribution in [-0.2, 0) is 0 Å². The fourth-order valence-electron chi connectivity index (χ4n) is 3.59. The molecule has 4 nitrogen and oxygen atoms in total. The van der Waals surface area contributed by atoms with E-state index in [2.05, 4.69) is 31.9 Å². The predicted molar refractivity (Wildman–Crippen MR) is 88.1 cm³/mol. The lowest BCUT2D eigenvalue weighted by molar-refractivity contribution is -0.385. The first-order chi connectivity index (χ1) is 10.0. The number of halogens is 2. The highest BCUT2D eigenvalue weighted by molar-refractivity contribution is 9.10. The summed E-state index contributed by atoms with van der Waals surface area (Å²) in [5.74, 6) is 0.582. The third-order valence-electron chi connectivity index (χ3n) is 4.88. The molecule has 3 rings (SSSR count). The third kappa shape index (κ3) is 2.61. The maximum atomic E-state index is 11.0. The molecule has 2 atom stereocenters. The van der Waals surface area contributed by atoms with E-state index in [0.717, 1.165) is 6.42 Å². The molecule has 1 aromatic carbocycles. The van der Waals surface area contributed by atoms with Crippen LogP contribution in [0.3, 0.4) is 0 Å². The van der Waals surface area contributed by atoms with Gasteiger partial charge in [0.15, 0.2) is 0 Å². The zero-order chi connectivity index (χ0) is 15.0. The van der Waals surface area contributed by atoms with Crippen LogP contribution in [0.4, 0.5) is 5.69 Å². The first-order valence-electron chi connectivity index (χ1n) is 7.28. The van der Waals surface area contributed by atoms with Crippen molar-refractivity contribution < 1.29 is 9.66 Å². The molecule has 0 heterocycles. The van der Waals surface area contributed by atoms with Crippen molar-refractivity contribution in [2.45, 2.75) is 49.5 Å². The summed E-state index contributed by atoms with van der Waals surface area (Å²) in [4.78, 5) is 11.1. The number of rotatable bonds is 3. The first kappa shape index (κ1) is 15.3. The molecule has 0 N–H and O–H groups in total. The van der Waals surface area contributed by atoms with E-state index in [1.165, 1.54) is 38.2 Å². The van der Waals surface area contributed by atoms with Crippen LogP contribution in [0.15, 0.2) is 22.7 Å². The Balaban J connectivity index is 1.81. The van der Waals surface area contributed by atoms with Crippen molar-refractivity contribution in [3.05, 3.63) is 32.8 Å². The van der Waals surface area contributed by atoms with Gasteiger partial charge >= 0.3 is 0 Å². The van der Waals surface area contributed by atoms with Crippen LogP contribution in [0.25, 0.3) is 0 Å². The first-order valence-corrected chi connectivity index (χ1v) is 8.99. The van der Waals surface area contributed by atoms with E-state index >= 15 is 0 Å². The van der Waals surface area contributed by atoms with Crippen molar-refractivity contribution in [1.82, 2.24) is 0 Å². The van der Waals surface area contributed by atoms with E-state index < -0.39 is 0 Å². The normalized spacial score (nSPS) is 27.1. The topological polar surface area (TPSA) is 52.4 Å². The molecule has 114 valence electrons. The Labute approximate surface area is 140 Å². The van der Waals surface area contributed by atoms with Gasteiger partial charge < -0.3 is 4.74 Å². The van der Waals surface area contributed by atoms with Crippen molar-refractivity contribution in [1.29, 1.82) is 0 Å². The second-order valence-electron chi connectivity index (χ2n) is 5.95. The van der Waals surface area contributed by atoms with E-state index in [4.69, 9.17) is 4.74 Å².